The van der Waals surface area contributed by atoms with Gasteiger partial charge in [0.1, 0.15) is 11.6 Å². The van der Waals surface area contributed by atoms with Crippen molar-refractivity contribution >= 4 is 56.5 Å². The van der Waals surface area contributed by atoms with Crippen LogP contribution in [-0.4, -0.2) is 19.1 Å². The quantitative estimate of drug-likeness (QED) is 0.792. The Morgan fingerprint density at radius 1 is 1.15 bits per heavy atom. The van der Waals surface area contributed by atoms with E-state index in [0.29, 0.717) is 21.7 Å². The van der Waals surface area contributed by atoms with Crippen molar-refractivity contribution in [2.45, 2.75) is 0 Å². The highest BCUT2D eigenvalue weighted by Gasteiger charge is 2.09. The van der Waals surface area contributed by atoms with E-state index < -0.39 is 0 Å². The molecule has 106 valence electrons. The van der Waals surface area contributed by atoms with Crippen LogP contribution in [0.25, 0.3) is 0 Å². The number of nitrogens with one attached hydrogen (secondary N) is 2. The Morgan fingerprint density at radius 3 is 2.45 bits per heavy atom. The first kappa shape index (κ1) is 15.2. The number of aromatic nitrogens is 1. The summed E-state index contributed by atoms with van der Waals surface area (Å²) < 4.78 is 6.02. The molecule has 0 aliphatic rings. The fourth-order valence-corrected chi connectivity index (χ4v) is 2.65. The van der Waals surface area contributed by atoms with E-state index in [0.717, 1.165) is 15.9 Å². The van der Waals surface area contributed by atoms with E-state index >= 15 is 0 Å². The molecule has 1 heterocycles. The van der Waals surface area contributed by atoms with E-state index in [1.54, 1.807) is 20.2 Å². The maximum absolute atomic E-state index is 6.13. The lowest BCUT2D eigenvalue weighted by molar-refractivity contribution is 0.412. The Labute approximate surface area is 135 Å². The van der Waals surface area contributed by atoms with Crippen LogP contribution in [-0.2, 0) is 0 Å². The summed E-state index contributed by atoms with van der Waals surface area (Å²) >= 11 is 15.6. The summed E-state index contributed by atoms with van der Waals surface area (Å²) in [6, 6.07) is 7.23. The molecule has 2 aromatic rings. The Kier molecular flexibility index (Phi) is 4.96. The van der Waals surface area contributed by atoms with Crippen molar-refractivity contribution < 1.29 is 4.74 Å². The van der Waals surface area contributed by atoms with E-state index in [1.807, 2.05) is 18.2 Å². The van der Waals surface area contributed by atoms with Gasteiger partial charge >= 0.3 is 0 Å². The normalized spacial score (nSPS) is 10.2. The molecule has 0 atom stereocenters. The number of nitrogens with zero attached hydrogens (tertiary/aromatic N) is 1. The van der Waals surface area contributed by atoms with Gasteiger partial charge in [0, 0.05) is 12.7 Å². The molecule has 4 nitrogen and oxygen atoms in total. The molecule has 20 heavy (non-hydrogen) atoms. The molecule has 1 aromatic heterocycles. The second-order valence-electron chi connectivity index (χ2n) is 3.87. The van der Waals surface area contributed by atoms with Crippen molar-refractivity contribution in [3.63, 3.8) is 0 Å². The van der Waals surface area contributed by atoms with Gasteiger partial charge in [-0.1, -0.05) is 23.2 Å². The molecule has 0 aliphatic carbocycles. The molecule has 0 saturated carbocycles. The summed E-state index contributed by atoms with van der Waals surface area (Å²) in [5.41, 5.74) is 0.830. The Morgan fingerprint density at radius 2 is 1.85 bits per heavy atom. The number of ether oxygens (including phenoxy) is 1. The maximum Gasteiger partial charge on any atom is 0.151 e. The van der Waals surface area contributed by atoms with Gasteiger partial charge in [0.25, 0.3) is 0 Å². The van der Waals surface area contributed by atoms with Crippen molar-refractivity contribution in [3.05, 3.63) is 38.8 Å². The minimum atomic E-state index is 0.445. The topological polar surface area (TPSA) is 46.2 Å². The zero-order valence-corrected chi connectivity index (χ0v) is 13.9. The first-order valence-corrected chi connectivity index (χ1v) is 7.24. The smallest absolute Gasteiger partial charge is 0.151 e. The summed E-state index contributed by atoms with van der Waals surface area (Å²) in [4.78, 5) is 4.33. The van der Waals surface area contributed by atoms with Gasteiger partial charge in [0.15, 0.2) is 5.82 Å². The zero-order valence-electron chi connectivity index (χ0n) is 10.8. The molecule has 0 aliphatic heterocycles. The van der Waals surface area contributed by atoms with Gasteiger partial charge in [-0.3, -0.25) is 0 Å². The van der Waals surface area contributed by atoms with Crippen LogP contribution in [0.3, 0.4) is 0 Å². The fraction of sp³-hybridized carbons (Fsp3) is 0.154. The van der Waals surface area contributed by atoms with Crippen molar-refractivity contribution in [1.82, 2.24) is 4.98 Å². The first-order chi connectivity index (χ1) is 9.55. The number of halogens is 3. The molecule has 0 bridgehead atoms. The lowest BCUT2D eigenvalue weighted by Gasteiger charge is -2.12. The van der Waals surface area contributed by atoms with E-state index in [9.17, 15) is 0 Å². The lowest BCUT2D eigenvalue weighted by Crippen LogP contribution is -2.00. The van der Waals surface area contributed by atoms with E-state index in [4.69, 9.17) is 27.9 Å². The molecule has 0 spiro atoms. The number of hydrogen-bond acceptors (Lipinski definition) is 4. The van der Waals surface area contributed by atoms with Crippen LogP contribution in [0.2, 0.25) is 10.0 Å². The van der Waals surface area contributed by atoms with Crippen LogP contribution in [0.4, 0.5) is 17.3 Å². The minimum absolute atomic E-state index is 0.445. The highest BCUT2D eigenvalue weighted by atomic mass is 79.9. The van der Waals surface area contributed by atoms with Crippen molar-refractivity contribution in [3.8, 4) is 5.75 Å². The van der Waals surface area contributed by atoms with Crippen LogP contribution in [0.5, 0.6) is 5.75 Å². The van der Waals surface area contributed by atoms with E-state index in [2.05, 4.69) is 31.5 Å². The molecule has 0 unspecified atom stereocenters. The highest BCUT2D eigenvalue weighted by molar-refractivity contribution is 9.10. The highest BCUT2D eigenvalue weighted by Crippen LogP contribution is 2.33. The summed E-state index contributed by atoms with van der Waals surface area (Å²) in [6.45, 7) is 0. The second kappa shape index (κ2) is 6.52. The van der Waals surface area contributed by atoms with Gasteiger partial charge in [-0.25, -0.2) is 4.98 Å². The number of hydrogen-bond donors (Lipinski definition) is 2. The van der Waals surface area contributed by atoms with Gasteiger partial charge in [-0.15, -0.1) is 0 Å². The molecule has 0 radical (unpaired) electrons. The number of pyridine rings is 1. The third-order valence-electron chi connectivity index (χ3n) is 2.58. The van der Waals surface area contributed by atoms with E-state index in [1.165, 1.54) is 0 Å². The minimum Gasteiger partial charge on any atom is -0.496 e. The van der Waals surface area contributed by atoms with Gasteiger partial charge in [-0.05, 0) is 40.2 Å². The average molecular weight is 377 g/mol. The molecule has 2 rings (SSSR count). The van der Waals surface area contributed by atoms with Crippen LogP contribution in [0.1, 0.15) is 0 Å². The molecule has 0 fully saturated rings. The monoisotopic (exact) mass is 375 g/mol. The third kappa shape index (κ3) is 3.29. The van der Waals surface area contributed by atoms with Gasteiger partial charge in [0.2, 0.25) is 0 Å². The molecule has 1 aromatic carbocycles. The Hall–Kier alpha value is -1.17. The largest absolute Gasteiger partial charge is 0.496 e. The number of methoxy groups -OCH3 is 1. The van der Waals surface area contributed by atoms with Crippen LogP contribution in [0, 0.1) is 0 Å². The standard InChI is InChI=1S/C13H12BrCl2N3O/c1-17-12-9(15)6-10(16)13(19-12)18-7-3-4-11(20-2)8(14)5-7/h3-6H,1-2H3,(H2,17,18,19). The Balaban J connectivity index is 2.32. The molecular weight excluding hydrogens is 365 g/mol. The predicted molar refractivity (Wildman–Crippen MR) is 87.8 cm³/mol. The molecule has 2 N–H and O–H groups in total. The summed E-state index contributed by atoms with van der Waals surface area (Å²) in [7, 11) is 3.36. The summed E-state index contributed by atoms with van der Waals surface area (Å²) in [5.74, 6) is 1.84. The van der Waals surface area contributed by atoms with Crippen LogP contribution in [0.15, 0.2) is 28.7 Å². The van der Waals surface area contributed by atoms with Gasteiger partial charge < -0.3 is 15.4 Å². The lowest BCUT2D eigenvalue weighted by atomic mass is 10.3. The SMILES string of the molecule is CNc1nc(Nc2ccc(OC)c(Br)c2)c(Cl)cc1Cl. The fourth-order valence-electron chi connectivity index (χ4n) is 1.61. The summed E-state index contributed by atoms with van der Waals surface area (Å²) in [5, 5.41) is 6.96. The first-order valence-electron chi connectivity index (χ1n) is 5.69. The number of rotatable bonds is 4. The Bertz CT molecular complexity index is 637. The molecule has 0 amide bonds. The maximum atomic E-state index is 6.13. The van der Waals surface area contributed by atoms with Gasteiger partial charge in [-0.2, -0.15) is 0 Å². The van der Waals surface area contributed by atoms with Crippen molar-refractivity contribution in [2.75, 3.05) is 24.8 Å². The molecular formula is C13H12BrCl2N3O. The average Bonchev–Trinajstić information content (AvgIpc) is 2.42. The van der Waals surface area contributed by atoms with Crippen LogP contribution < -0.4 is 15.4 Å². The number of benzene rings is 1. The second-order valence-corrected chi connectivity index (χ2v) is 5.54. The predicted octanol–water partition coefficient (Wildman–Crippen LogP) is 4.94. The molecule has 0 saturated heterocycles. The molecule has 7 heteroatoms. The van der Waals surface area contributed by atoms with E-state index in [-0.39, 0.29) is 0 Å². The van der Waals surface area contributed by atoms with Crippen LogP contribution >= 0.6 is 39.1 Å². The van der Waals surface area contributed by atoms with Crippen molar-refractivity contribution in [2.24, 2.45) is 0 Å². The zero-order chi connectivity index (χ0) is 14.7. The van der Waals surface area contributed by atoms with Crippen molar-refractivity contribution in [1.29, 1.82) is 0 Å². The summed E-state index contributed by atoms with van der Waals surface area (Å²) in [6.07, 6.45) is 0. The number of anilines is 3. The third-order valence-corrected chi connectivity index (χ3v) is 3.78. The van der Waals surface area contributed by atoms with Gasteiger partial charge in [0.05, 0.1) is 21.6 Å².